The van der Waals surface area contributed by atoms with Crippen molar-refractivity contribution in [3.63, 3.8) is 0 Å². The van der Waals surface area contributed by atoms with E-state index >= 15 is 0 Å². The Bertz CT molecular complexity index is 719. The van der Waals surface area contributed by atoms with Crippen LogP contribution >= 0.6 is 0 Å². The Balaban J connectivity index is 1.93. The van der Waals surface area contributed by atoms with Gasteiger partial charge in [-0.05, 0) is 29.3 Å². The van der Waals surface area contributed by atoms with Crippen molar-refractivity contribution in [1.82, 2.24) is 0 Å². The van der Waals surface area contributed by atoms with Crippen LogP contribution in [0.1, 0.15) is 18.1 Å². The highest BCUT2D eigenvalue weighted by Crippen LogP contribution is 2.27. The summed E-state index contributed by atoms with van der Waals surface area (Å²) in [5.74, 6) is -1.12. The number of benzene rings is 2. The Morgan fingerprint density at radius 2 is 1.87 bits per heavy atom. The molecule has 1 N–H and O–H groups in total. The third-order valence-electron chi connectivity index (χ3n) is 2.87. The summed E-state index contributed by atoms with van der Waals surface area (Å²) in [6.45, 7) is 1.44. The first-order valence-corrected chi connectivity index (χ1v) is 6.95. The van der Waals surface area contributed by atoms with Gasteiger partial charge in [0.05, 0.1) is 0 Å². The number of phenols is 1. The highest BCUT2D eigenvalue weighted by molar-refractivity contribution is 5.87. The molecule has 0 aliphatic carbocycles. The number of carbonyl (C=O) groups excluding carboxylic acids is 2. The number of hydrogen-bond donors (Lipinski definition) is 1. The van der Waals surface area contributed by atoms with E-state index in [1.165, 1.54) is 31.2 Å². The first-order chi connectivity index (χ1) is 11.0. The fourth-order valence-corrected chi connectivity index (χ4v) is 1.82. The van der Waals surface area contributed by atoms with Crippen molar-refractivity contribution >= 4 is 18.0 Å². The van der Waals surface area contributed by atoms with E-state index in [1.807, 2.05) is 30.3 Å². The van der Waals surface area contributed by atoms with Crippen molar-refractivity contribution in [2.75, 3.05) is 0 Å². The number of rotatable bonds is 5. The lowest BCUT2D eigenvalue weighted by Gasteiger charge is -2.04. The number of aromatic hydroxyl groups is 1. The molecule has 0 aliphatic heterocycles. The molecule has 0 bridgehead atoms. The SMILES string of the molecule is CC(=O)Oc1ccc(C=CC(=O)OCc2ccccc2)cc1O. The van der Waals surface area contributed by atoms with Gasteiger partial charge in [-0.15, -0.1) is 0 Å². The van der Waals surface area contributed by atoms with Gasteiger partial charge in [0.2, 0.25) is 0 Å². The molecule has 2 rings (SSSR count). The van der Waals surface area contributed by atoms with Gasteiger partial charge in [-0.1, -0.05) is 36.4 Å². The summed E-state index contributed by atoms with van der Waals surface area (Å²) in [4.78, 5) is 22.5. The standard InChI is InChI=1S/C18H16O5/c1-13(19)23-17-9-7-14(11-16(17)20)8-10-18(21)22-12-15-5-3-2-4-6-15/h2-11,20H,12H2,1H3. The molecular weight excluding hydrogens is 296 g/mol. The predicted octanol–water partition coefficient (Wildman–Crippen LogP) is 3.07. The van der Waals surface area contributed by atoms with Gasteiger partial charge in [0.15, 0.2) is 11.5 Å². The fourth-order valence-electron chi connectivity index (χ4n) is 1.82. The molecule has 2 aromatic rings. The molecule has 0 spiro atoms. The highest BCUT2D eigenvalue weighted by Gasteiger charge is 2.05. The summed E-state index contributed by atoms with van der Waals surface area (Å²) < 4.78 is 9.91. The Hall–Kier alpha value is -3.08. The number of ether oxygens (including phenoxy) is 2. The number of hydrogen-bond acceptors (Lipinski definition) is 5. The molecule has 0 atom stereocenters. The van der Waals surface area contributed by atoms with Gasteiger partial charge in [0.25, 0.3) is 0 Å². The van der Waals surface area contributed by atoms with E-state index in [4.69, 9.17) is 9.47 Å². The van der Waals surface area contributed by atoms with Gasteiger partial charge in [-0.3, -0.25) is 4.79 Å². The van der Waals surface area contributed by atoms with E-state index in [1.54, 1.807) is 6.07 Å². The molecule has 5 heteroatoms. The van der Waals surface area contributed by atoms with Crippen LogP contribution in [-0.4, -0.2) is 17.0 Å². The van der Waals surface area contributed by atoms with Crippen molar-refractivity contribution in [2.45, 2.75) is 13.5 Å². The predicted molar refractivity (Wildman–Crippen MR) is 84.7 cm³/mol. The summed E-state index contributed by atoms with van der Waals surface area (Å²) in [5.41, 5.74) is 1.48. The normalized spacial score (nSPS) is 10.5. The molecule has 5 nitrogen and oxygen atoms in total. The zero-order chi connectivity index (χ0) is 16.7. The Morgan fingerprint density at radius 1 is 1.13 bits per heavy atom. The molecule has 118 valence electrons. The molecule has 0 aliphatic rings. The molecule has 0 saturated heterocycles. The van der Waals surface area contributed by atoms with E-state index < -0.39 is 11.9 Å². The average molecular weight is 312 g/mol. The van der Waals surface area contributed by atoms with Crippen LogP contribution in [0, 0.1) is 0 Å². The van der Waals surface area contributed by atoms with Crippen LogP contribution in [-0.2, 0) is 20.9 Å². The van der Waals surface area contributed by atoms with Crippen molar-refractivity contribution in [2.24, 2.45) is 0 Å². The van der Waals surface area contributed by atoms with Gasteiger partial charge in [0, 0.05) is 13.0 Å². The Morgan fingerprint density at radius 3 is 2.52 bits per heavy atom. The Kier molecular flexibility index (Phi) is 5.52. The summed E-state index contributed by atoms with van der Waals surface area (Å²) in [6.07, 6.45) is 2.77. The zero-order valence-electron chi connectivity index (χ0n) is 12.6. The second kappa shape index (κ2) is 7.79. The van der Waals surface area contributed by atoms with Crippen LogP contribution in [0.4, 0.5) is 0 Å². The summed E-state index contributed by atoms with van der Waals surface area (Å²) in [5, 5.41) is 9.73. The van der Waals surface area contributed by atoms with Gasteiger partial charge in [0.1, 0.15) is 6.61 Å². The van der Waals surface area contributed by atoms with Crippen LogP contribution in [0.15, 0.2) is 54.6 Å². The van der Waals surface area contributed by atoms with Crippen molar-refractivity contribution in [1.29, 1.82) is 0 Å². The van der Waals surface area contributed by atoms with Crippen molar-refractivity contribution in [3.05, 3.63) is 65.7 Å². The smallest absolute Gasteiger partial charge is 0.331 e. The van der Waals surface area contributed by atoms with E-state index in [0.717, 1.165) is 5.56 Å². The van der Waals surface area contributed by atoms with Gasteiger partial charge in [-0.2, -0.15) is 0 Å². The van der Waals surface area contributed by atoms with Crippen LogP contribution in [0.5, 0.6) is 11.5 Å². The largest absolute Gasteiger partial charge is 0.504 e. The number of phenolic OH excluding ortho intramolecular Hbond substituents is 1. The lowest BCUT2D eigenvalue weighted by molar-refractivity contribution is -0.139. The lowest BCUT2D eigenvalue weighted by Crippen LogP contribution is -2.01. The zero-order valence-corrected chi connectivity index (χ0v) is 12.6. The quantitative estimate of drug-likeness (QED) is 0.522. The fraction of sp³-hybridized carbons (Fsp3) is 0.111. The van der Waals surface area contributed by atoms with E-state index in [-0.39, 0.29) is 18.1 Å². The molecule has 0 unspecified atom stereocenters. The molecule has 0 saturated carbocycles. The molecular formula is C18H16O5. The van der Waals surface area contributed by atoms with Gasteiger partial charge >= 0.3 is 11.9 Å². The van der Waals surface area contributed by atoms with Gasteiger partial charge in [-0.25, -0.2) is 4.79 Å². The van der Waals surface area contributed by atoms with Crippen LogP contribution in [0.3, 0.4) is 0 Å². The molecule has 0 fully saturated rings. The molecule has 23 heavy (non-hydrogen) atoms. The highest BCUT2D eigenvalue weighted by atomic mass is 16.5. The van der Waals surface area contributed by atoms with Crippen LogP contribution < -0.4 is 4.74 Å². The summed E-state index contributed by atoms with van der Waals surface area (Å²) >= 11 is 0. The second-order valence-corrected chi connectivity index (χ2v) is 4.75. The van der Waals surface area contributed by atoms with E-state index in [0.29, 0.717) is 5.56 Å². The average Bonchev–Trinajstić information content (AvgIpc) is 2.54. The van der Waals surface area contributed by atoms with E-state index in [9.17, 15) is 14.7 Å². The maximum atomic E-state index is 11.6. The maximum Gasteiger partial charge on any atom is 0.331 e. The third-order valence-corrected chi connectivity index (χ3v) is 2.87. The molecule has 2 aromatic carbocycles. The topological polar surface area (TPSA) is 72.8 Å². The minimum Gasteiger partial charge on any atom is -0.504 e. The van der Waals surface area contributed by atoms with Crippen LogP contribution in [0.25, 0.3) is 6.08 Å². The molecule has 0 heterocycles. The summed E-state index contributed by atoms with van der Waals surface area (Å²) in [6, 6.07) is 13.8. The van der Waals surface area contributed by atoms with Crippen molar-refractivity contribution in [3.8, 4) is 11.5 Å². The van der Waals surface area contributed by atoms with Crippen molar-refractivity contribution < 1.29 is 24.2 Å². The molecule has 0 aromatic heterocycles. The first-order valence-electron chi connectivity index (χ1n) is 6.95. The number of esters is 2. The minimum atomic E-state index is -0.520. The molecule has 0 amide bonds. The van der Waals surface area contributed by atoms with Gasteiger partial charge < -0.3 is 14.6 Å². The number of carbonyl (C=O) groups is 2. The lowest BCUT2D eigenvalue weighted by atomic mass is 10.2. The molecule has 0 radical (unpaired) electrons. The monoisotopic (exact) mass is 312 g/mol. The minimum absolute atomic E-state index is 0.0707. The Labute approximate surface area is 133 Å². The maximum absolute atomic E-state index is 11.6. The van der Waals surface area contributed by atoms with Crippen LogP contribution in [0.2, 0.25) is 0 Å². The third kappa shape index (κ3) is 5.32. The summed E-state index contributed by atoms with van der Waals surface area (Å²) in [7, 11) is 0. The second-order valence-electron chi connectivity index (χ2n) is 4.75. The first kappa shape index (κ1) is 16.3. The van der Waals surface area contributed by atoms with E-state index in [2.05, 4.69) is 0 Å².